The summed E-state index contributed by atoms with van der Waals surface area (Å²) >= 11 is 0. The number of halogens is 25. The van der Waals surface area contributed by atoms with Crippen LogP contribution in [0.1, 0.15) is 6.42 Å². The molecule has 1 unspecified atom stereocenters. The highest BCUT2D eigenvalue weighted by Gasteiger charge is 2.99. The fraction of sp³-hybridized carbons (Fsp3) is 1.00. The number of phosphoric acid groups is 1. The summed E-state index contributed by atoms with van der Waals surface area (Å²) in [7, 11) is -5.87. The molecule has 0 amide bonds. The molecular weight excluding hydrogens is 766 g/mol. The summed E-state index contributed by atoms with van der Waals surface area (Å²) in [5.41, 5.74) is 0. The first kappa shape index (κ1) is 44.3. The molecule has 0 aliphatic carbocycles. The zero-order valence-corrected chi connectivity index (χ0v) is 20.9. The van der Waals surface area contributed by atoms with Gasteiger partial charge in [-0.2, -0.15) is 110 Å². The number of hydrogen-bond donors (Lipinski definition) is 3. The standard InChI is InChI=1S/C15H8F25O5P/c16-4(17,1-3(41)2-45-46(42,43)44)5(18,19)6(20,21)7(22,23)8(24,25)9(26,27)10(28,29)11(30,31)12(32,33)13(34,35)14(36,37)15(38,39)40/h3,41H,1-2H2,(H2,42,43,44). The summed E-state index contributed by atoms with van der Waals surface area (Å²) in [6.07, 6.45) is -15.5. The van der Waals surface area contributed by atoms with Crippen LogP contribution in [0.25, 0.3) is 0 Å². The minimum Gasteiger partial charge on any atom is -0.390 e. The van der Waals surface area contributed by atoms with E-state index >= 15 is 0 Å². The van der Waals surface area contributed by atoms with Crippen LogP contribution in [-0.4, -0.2) is 98.9 Å². The van der Waals surface area contributed by atoms with E-state index in [1.165, 1.54) is 0 Å². The lowest BCUT2D eigenvalue weighted by molar-refractivity contribution is -0.482. The SMILES string of the molecule is O=P(O)(O)OCC(O)CC(F)(F)C(F)(F)C(F)(F)C(F)(F)C(F)(F)C(F)(F)C(F)(F)C(F)(F)C(F)(F)C(F)(F)C(F)(F)C(F)(F)F. The van der Waals surface area contributed by atoms with Crippen molar-refractivity contribution in [2.24, 2.45) is 0 Å². The largest absolute Gasteiger partial charge is 0.469 e. The van der Waals surface area contributed by atoms with Gasteiger partial charge in [0.25, 0.3) is 0 Å². The maximum Gasteiger partial charge on any atom is 0.469 e. The molecular formula is C15H8F25O5P. The molecule has 3 N–H and O–H groups in total. The number of alkyl halides is 25. The Morgan fingerprint density at radius 2 is 0.652 bits per heavy atom. The van der Waals surface area contributed by atoms with Crippen molar-refractivity contribution in [3.8, 4) is 0 Å². The van der Waals surface area contributed by atoms with Crippen LogP contribution < -0.4 is 0 Å². The lowest BCUT2D eigenvalue weighted by atomic mass is 9.84. The molecule has 0 spiro atoms. The van der Waals surface area contributed by atoms with Crippen molar-refractivity contribution in [2.75, 3.05) is 6.61 Å². The third kappa shape index (κ3) is 6.16. The van der Waals surface area contributed by atoms with E-state index < -0.39 is 98.3 Å². The highest BCUT2D eigenvalue weighted by molar-refractivity contribution is 7.46. The molecule has 0 heterocycles. The van der Waals surface area contributed by atoms with Crippen LogP contribution in [0.4, 0.5) is 110 Å². The van der Waals surface area contributed by atoms with E-state index in [9.17, 15) is 114 Å². The molecule has 5 nitrogen and oxygen atoms in total. The van der Waals surface area contributed by atoms with Gasteiger partial charge >= 0.3 is 79.1 Å². The molecule has 31 heteroatoms. The Bertz CT molecular complexity index is 1140. The molecule has 0 aliphatic heterocycles. The molecule has 0 aromatic carbocycles. The smallest absolute Gasteiger partial charge is 0.390 e. The topological polar surface area (TPSA) is 87.0 Å². The van der Waals surface area contributed by atoms with Crippen LogP contribution in [-0.2, 0) is 9.09 Å². The third-order valence-corrected chi connectivity index (χ3v) is 5.78. The minimum atomic E-state index is -9.70. The fourth-order valence-electron chi connectivity index (χ4n) is 2.65. The molecule has 1 atom stereocenters. The molecule has 46 heavy (non-hydrogen) atoms. The van der Waals surface area contributed by atoms with Crippen molar-refractivity contribution in [1.82, 2.24) is 0 Å². The predicted octanol–water partition coefficient (Wildman–Crippen LogP) is 7.40. The summed E-state index contributed by atoms with van der Waals surface area (Å²) in [6, 6.07) is 0. The quantitative estimate of drug-likeness (QED) is 0.119. The number of phosphoric ester groups is 1. The number of aliphatic hydroxyl groups excluding tert-OH is 1. The minimum absolute atomic E-state index is 2.35. The van der Waals surface area contributed by atoms with E-state index in [2.05, 4.69) is 4.52 Å². The first-order valence-corrected chi connectivity index (χ1v) is 11.5. The van der Waals surface area contributed by atoms with Gasteiger partial charge in [-0.3, -0.25) is 4.52 Å². The molecule has 0 saturated carbocycles. The second-order valence-corrected chi connectivity index (χ2v) is 9.83. The number of hydrogen-bond acceptors (Lipinski definition) is 3. The zero-order chi connectivity index (χ0) is 38.2. The van der Waals surface area contributed by atoms with Crippen molar-refractivity contribution in [3.63, 3.8) is 0 Å². The molecule has 0 bridgehead atoms. The second kappa shape index (κ2) is 11.4. The van der Waals surface area contributed by atoms with Gasteiger partial charge in [-0.25, -0.2) is 4.57 Å². The third-order valence-electron chi connectivity index (χ3n) is 5.29. The lowest BCUT2D eigenvalue weighted by Crippen LogP contribution is -2.78. The molecule has 0 fully saturated rings. The zero-order valence-electron chi connectivity index (χ0n) is 20.0. The highest BCUT2D eigenvalue weighted by Crippen LogP contribution is 2.68. The molecule has 278 valence electrons. The number of aliphatic hydroxyl groups is 1. The first-order valence-electron chi connectivity index (χ1n) is 9.96. The highest BCUT2D eigenvalue weighted by atomic mass is 31.2. The molecule has 0 aliphatic rings. The van der Waals surface area contributed by atoms with Crippen LogP contribution in [0.2, 0.25) is 0 Å². The Morgan fingerprint density at radius 1 is 0.435 bits per heavy atom. The Morgan fingerprint density at radius 3 is 0.870 bits per heavy atom. The maximum absolute atomic E-state index is 13.8. The van der Waals surface area contributed by atoms with Crippen molar-refractivity contribution >= 4 is 7.82 Å². The average Bonchev–Trinajstić information content (AvgIpc) is 2.79. The second-order valence-electron chi connectivity index (χ2n) is 8.59. The summed E-state index contributed by atoms with van der Waals surface area (Å²) in [4.78, 5) is 16.4. The normalized spacial score (nSPS) is 17.4. The van der Waals surface area contributed by atoms with Crippen LogP contribution in [0.5, 0.6) is 0 Å². The van der Waals surface area contributed by atoms with Gasteiger partial charge in [-0.1, -0.05) is 0 Å². The van der Waals surface area contributed by atoms with Gasteiger partial charge in [0, 0.05) is 6.42 Å². The Labute approximate surface area is 233 Å². The summed E-state index contributed by atoms with van der Waals surface area (Å²) < 4.78 is 347. The van der Waals surface area contributed by atoms with Crippen LogP contribution in [0.15, 0.2) is 0 Å². The van der Waals surface area contributed by atoms with E-state index in [4.69, 9.17) is 14.9 Å². The summed E-state index contributed by atoms with van der Waals surface area (Å²) in [6.45, 7) is -2.35. The van der Waals surface area contributed by atoms with E-state index in [-0.39, 0.29) is 0 Å². The van der Waals surface area contributed by atoms with E-state index in [1.807, 2.05) is 0 Å². The summed E-state index contributed by atoms with van der Waals surface area (Å²) in [5.74, 6) is -100. The lowest BCUT2D eigenvalue weighted by Gasteiger charge is -2.45. The predicted molar refractivity (Wildman–Crippen MR) is 89.1 cm³/mol. The Kier molecular flexibility index (Phi) is 11.0. The van der Waals surface area contributed by atoms with Crippen molar-refractivity contribution in [1.29, 1.82) is 0 Å². The molecule has 0 radical (unpaired) electrons. The first-order chi connectivity index (χ1) is 19.4. The van der Waals surface area contributed by atoms with Gasteiger partial charge in [-0.05, 0) is 0 Å². The van der Waals surface area contributed by atoms with Crippen molar-refractivity contribution in [2.45, 2.75) is 83.8 Å². The average molecular weight is 774 g/mol. The fourth-order valence-corrected chi connectivity index (χ4v) is 3.02. The van der Waals surface area contributed by atoms with Gasteiger partial charge < -0.3 is 14.9 Å². The van der Waals surface area contributed by atoms with Gasteiger partial charge in [-0.15, -0.1) is 0 Å². The molecule has 0 aromatic rings. The van der Waals surface area contributed by atoms with Gasteiger partial charge in [0.15, 0.2) is 0 Å². The maximum atomic E-state index is 13.8. The van der Waals surface area contributed by atoms with Gasteiger partial charge in [0.2, 0.25) is 0 Å². The van der Waals surface area contributed by atoms with Gasteiger partial charge in [0.05, 0.1) is 12.7 Å². The van der Waals surface area contributed by atoms with Crippen molar-refractivity contribution < 1.29 is 134 Å². The van der Waals surface area contributed by atoms with E-state index in [0.29, 0.717) is 0 Å². The monoisotopic (exact) mass is 774 g/mol. The van der Waals surface area contributed by atoms with E-state index in [1.54, 1.807) is 0 Å². The molecule has 0 rings (SSSR count). The van der Waals surface area contributed by atoms with E-state index in [0.717, 1.165) is 0 Å². The van der Waals surface area contributed by atoms with Crippen LogP contribution >= 0.6 is 7.82 Å². The number of rotatable bonds is 15. The van der Waals surface area contributed by atoms with Crippen LogP contribution in [0, 0.1) is 0 Å². The Hall–Kier alpha value is -1.68. The Balaban J connectivity index is 7.14. The van der Waals surface area contributed by atoms with Gasteiger partial charge in [0.1, 0.15) is 0 Å². The van der Waals surface area contributed by atoms with Crippen LogP contribution in [0.3, 0.4) is 0 Å². The molecule has 0 aromatic heterocycles. The summed E-state index contributed by atoms with van der Waals surface area (Å²) in [5, 5.41) is 8.89. The van der Waals surface area contributed by atoms with Crippen molar-refractivity contribution in [3.05, 3.63) is 0 Å². The molecule has 0 saturated heterocycles.